The van der Waals surface area contributed by atoms with Gasteiger partial charge in [-0.15, -0.1) is 0 Å². The quantitative estimate of drug-likeness (QED) is 0.878. The molecule has 1 fully saturated rings. The van der Waals surface area contributed by atoms with Crippen LogP contribution in [0, 0.1) is 6.92 Å². The Kier molecular flexibility index (Phi) is 3.09. The average Bonchev–Trinajstić information content (AvgIpc) is 3.04. The molecule has 6 heteroatoms. The van der Waals surface area contributed by atoms with Crippen LogP contribution in [0.2, 0.25) is 0 Å². The van der Waals surface area contributed by atoms with Crippen molar-refractivity contribution in [2.24, 2.45) is 0 Å². The maximum absolute atomic E-state index is 11.9. The molecule has 94 valence electrons. The van der Waals surface area contributed by atoms with E-state index in [1.165, 1.54) is 37.4 Å². The first-order valence-electron chi connectivity index (χ1n) is 5.57. The van der Waals surface area contributed by atoms with Crippen LogP contribution in [-0.2, 0) is 10.0 Å². The smallest absolute Gasteiger partial charge is 0.244 e. The Morgan fingerprint density at radius 1 is 1.41 bits per heavy atom. The van der Waals surface area contributed by atoms with Gasteiger partial charge in [0.1, 0.15) is 10.7 Å². The highest BCUT2D eigenvalue weighted by molar-refractivity contribution is 7.89. The normalized spacial score (nSPS) is 16.2. The molecule has 17 heavy (non-hydrogen) atoms. The summed E-state index contributed by atoms with van der Waals surface area (Å²) in [5.41, 5.74) is 0.861. The molecule has 2 rings (SSSR count). The summed E-state index contributed by atoms with van der Waals surface area (Å²) in [6.45, 7) is 1.87. The first-order valence-corrected chi connectivity index (χ1v) is 7.01. The van der Waals surface area contributed by atoms with E-state index in [1.54, 1.807) is 6.07 Å². The van der Waals surface area contributed by atoms with Crippen LogP contribution >= 0.6 is 0 Å². The second-order valence-electron chi connectivity index (χ2n) is 4.54. The van der Waals surface area contributed by atoms with Gasteiger partial charge in [0.05, 0.1) is 0 Å². The molecule has 5 nitrogen and oxygen atoms in total. The molecule has 1 N–H and O–H groups in total. The third kappa shape index (κ3) is 2.58. The monoisotopic (exact) mass is 255 g/mol. The molecule has 0 saturated heterocycles. The maximum Gasteiger partial charge on any atom is 0.244 e. The second-order valence-corrected chi connectivity index (χ2v) is 6.69. The molecule has 0 radical (unpaired) electrons. The number of hydrogen-bond acceptors (Lipinski definition) is 4. The lowest BCUT2D eigenvalue weighted by Gasteiger charge is -2.13. The summed E-state index contributed by atoms with van der Waals surface area (Å²) in [7, 11) is -0.356. The van der Waals surface area contributed by atoms with Crippen molar-refractivity contribution >= 4 is 15.8 Å². The van der Waals surface area contributed by atoms with E-state index in [-0.39, 0.29) is 4.90 Å². The molecule has 0 aromatic carbocycles. The third-order valence-corrected chi connectivity index (χ3v) is 4.53. The molecule has 1 heterocycles. The molecular weight excluding hydrogens is 238 g/mol. The Morgan fingerprint density at radius 3 is 2.53 bits per heavy atom. The van der Waals surface area contributed by atoms with Gasteiger partial charge in [-0.2, -0.15) is 0 Å². The highest BCUT2D eigenvalue weighted by atomic mass is 32.2. The predicted molar refractivity (Wildman–Crippen MR) is 66.5 cm³/mol. The van der Waals surface area contributed by atoms with E-state index < -0.39 is 10.0 Å². The summed E-state index contributed by atoms with van der Waals surface area (Å²) >= 11 is 0. The number of anilines is 1. The molecule has 1 aliphatic rings. The molecule has 0 spiro atoms. The van der Waals surface area contributed by atoms with Gasteiger partial charge >= 0.3 is 0 Å². The molecule has 0 amide bonds. The third-order valence-electron chi connectivity index (χ3n) is 2.75. The van der Waals surface area contributed by atoms with Crippen molar-refractivity contribution in [1.82, 2.24) is 9.29 Å². The van der Waals surface area contributed by atoms with Crippen LogP contribution < -0.4 is 5.32 Å². The van der Waals surface area contributed by atoms with E-state index in [0.717, 1.165) is 11.4 Å². The SMILES string of the molecule is Cc1cc(S(=O)(=O)N(C)C)cnc1NC1CC1. The zero-order valence-corrected chi connectivity index (χ0v) is 11.1. The van der Waals surface area contributed by atoms with Gasteiger partial charge in [0, 0.05) is 26.3 Å². The highest BCUT2D eigenvalue weighted by Crippen LogP contribution is 2.26. The average molecular weight is 255 g/mol. The minimum absolute atomic E-state index is 0.237. The largest absolute Gasteiger partial charge is 0.367 e. The van der Waals surface area contributed by atoms with Crippen molar-refractivity contribution in [3.05, 3.63) is 17.8 Å². The van der Waals surface area contributed by atoms with E-state index in [1.807, 2.05) is 6.92 Å². The summed E-state index contributed by atoms with van der Waals surface area (Å²) < 4.78 is 25.0. The molecule has 1 saturated carbocycles. The van der Waals surface area contributed by atoms with Crippen molar-refractivity contribution in [3.8, 4) is 0 Å². The summed E-state index contributed by atoms with van der Waals surface area (Å²) in [4.78, 5) is 4.43. The number of pyridine rings is 1. The zero-order valence-electron chi connectivity index (χ0n) is 10.3. The van der Waals surface area contributed by atoms with Gasteiger partial charge in [-0.3, -0.25) is 0 Å². The van der Waals surface area contributed by atoms with Crippen molar-refractivity contribution in [1.29, 1.82) is 0 Å². The predicted octanol–water partition coefficient (Wildman–Crippen LogP) is 1.21. The highest BCUT2D eigenvalue weighted by Gasteiger charge is 2.23. The van der Waals surface area contributed by atoms with Crippen LogP contribution in [0.4, 0.5) is 5.82 Å². The molecule has 0 atom stereocenters. The number of aromatic nitrogens is 1. The first kappa shape index (κ1) is 12.3. The Bertz CT molecular complexity index is 522. The van der Waals surface area contributed by atoms with Crippen LogP contribution in [0.5, 0.6) is 0 Å². The summed E-state index contributed by atoms with van der Waals surface area (Å²) in [6.07, 6.45) is 3.74. The topological polar surface area (TPSA) is 62.3 Å². The Labute approximate surface area is 102 Å². The lowest BCUT2D eigenvalue weighted by molar-refractivity contribution is 0.520. The molecule has 1 aromatic heterocycles. The lowest BCUT2D eigenvalue weighted by atomic mass is 10.3. The Hall–Kier alpha value is -1.14. The number of hydrogen-bond donors (Lipinski definition) is 1. The number of nitrogens with zero attached hydrogens (tertiary/aromatic N) is 2. The number of rotatable bonds is 4. The molecule has 0 unspecified atom stereocenters. The van der Waals surface area contributed by atoms with Gasteiger partial charge in [0.2, 0.25) is 10.0 Å². The fraction of sp³-hybridized carbons (Fsp3) is 0.545. The van der Waals surface area contributed by atoms with Gasteiger partial charge in [0.25, 0.3) is 0 Å². The fourth-order valence-corrected chi connectivity index (χ4v) is 2.41. The molecule has 0 bridgehead atoms. The van der Waals surface area contributed by atoms with Crippen molar-refractivity contribution < 1.29 is 8.42 Å². The first-order chi connectivity index (χ1) is 7.91. The molecule has 0 aliphatic heterocycles. The summed E-state index contributed by atoms with van der Waals surface area (Å²) in [5, 5.41) is 3.27. The molecule has 1 aromatic rings. The van der Waals surface area contributed by atoms with E-state index >= 15 is 0 Å². The van der Waals surface area contributed by atoms with E-state index in [4.69, 9.17) is 0 Å². The van der Waals surface area contributed by atoms with Gasteiger partial charge in [-0.1, -0.05) is 0 Å². The van der Waals surface area contributed by atoms with Crippen molar-refractivity contribution in [2.45, 2.75) is 30.7 Å². The van der Waals surface area contributed by atoms with Crippen molar-refractivity contribution in [2.75, 3.05) is 19.4 Å². The van der Waals surface area contributed by atoms with E-state index in [2.05, 4.69) is 10.3 Å². The van der Waals surface area contributed by atoms with Crippen LogP contribution in [-0.4, -0.2) is 37.8 Å². The Morgan fingerprint density at radius 2 is 2.06 bits per heavy atom. The van der Waals surface area contributed by atoms with Crippen LogP contribution in [0.15, 0.2) is 17.2 Å². The summed E-state index contributed by atoms with van der Waals surface area (Å²) in [5.74, 6) is 0.783. The Balaban J connectivity index is 2.29. The minimum Gasteiger partial charge on any atom is -0.367 e. The second kappa shape index (κ2) is 4.27. The molecule has 1 aliphatic carbocycles. The fourth-order valence-electron chi connectivity index (χ4n) is 1.47. The summed E-state index contributed by atoms with van der Waals surface area (Å²) in [6, 6.07) is 2.17. The van der Waals surface area contributed by atoms with Gasteiger partial charge in [-0.25, -0.2) is 17.7 Å². The number of sulfonamides is 1. The van der Waals surface area contributed by atoms with Crippen LogP contribution in [0.1, 0.15) is 18.4 Å². The molecular formula is C11H17N3O2S. The van der Waals surface area contributed by atoms with Gasteiger partial charge in [0.15, 0.2) is 0 Å². The minimum atomic E-state index is -3.39. The maximum atomic E-state index is 11.9. The van der Waals surface area contributed by atoms with Gasteiger partial charge in [-0.05, 0) is 31.4 Å². The van der Waals surface area contributed by atoms with E-state index in [0.29, 0.717) is 6.04 Å². The number of aryl methyl sites for hydroxylation is 1. The van der Waals surface area contributed by atoms with Gasteiger partial charge < -0.3 is 5.32 Å². The van der Waals surface area contributed by atoms with Crippen LogP contribution in [0.3, 0.4) is 0 Å². The number of nitrogens with one attached hydrogen (secondary N) is 1. The van der Waals surface area contributed by atoms with Crippen LogP contribution in [0.25, 0.3) is 0 Å². The van der Waals surface area contributed by atoms with E-state index in [9.17, 15) is 8.42 Å². The lowest BCUT2D eigenvalue weighted by Crippen LogP contribution is -2.22. The zero-order chi connectivity index (χ0) is 12.6. The van der Waals surface area contributed by atoms with Crippen molar-refractivity contribution in [3.63, 3.8) is 0 Å². The standard InChI is InChI=1S/C11H17N3O2S/c1-8-6-10(17(15,16)14(2)3)7-12-11(8)13-9-4-5-9/h6-7,9H,4-5H2,1-3H3,(H,12,13).